The molecule has 1 fully saturated rings. The highest BCUT2D eigenvalue weighted by molar-refractivity contribution is 5.68. The minimum absolute atomic E-state index is 0.251. The second-order valence-corrected chi connectivity index (χ2v) is 6.53. The van der Waals surface area contributed by atoms with Gasteiger partial charge in [0, 0.05) is 31.3 Å². The van der Waals surface area contributed by atoms with Gasteiger partial charge in [0.1, 0.15) is 11.5 Å². The molecule has 0 unspecified atom stereocenters. The highest BCUT2D eigenvalue weighted by atomic mass is 16.5. The number of benzene rings is 1. The molecular weight excluding hydrogens is 332 g/mol. The van der Waals surface area contributed by atoms with Gasteiger partial charge in [-0.05, 0) is 43.7 Å². The van der Waals surface area contributed by atoms with E-state index in [0.717, 1.165) is 49.4 Å². The molecule has 0 amide bonds. The average molecular weight is 358 g/mol. The fourth-order valence-corrected chi connectivity index (χ4v) is 3.43. The molecule has 0 spiro atoms. The van der Waals surface area contributed by atoms with E-state index in [1.165, 1.54) is 6.42 Å². The summed E-state index contributed by atoms with van der Waals surface area (Å²) in [5, 5.41) is 17.5. The number of nitrogens with zero attached hydrogens (tertiary/aromatic N) is 4. The first-order chi connectivity index (χ1) is 12.7. The van der Waals surface area contributed by atoms with E-state index in [2.05, 4.69) is 15.1 Å². The number of aromatic nitrogens is 3. The van der Waals surface area contributed by atoms with Crippen molar-refractivity contribution < 1.29 is 14.6 Å². The van der Waals surface area contributed by atoms with Crippen LogP contribution < -0.4 is 14.4 Å². The number of aliphatic hydroxyl groups is 1. The summed E-state index contributed by atoms with van der Waals surface area (Å²) in [5.74, 6) is 2.64. The lowest BCUT2D eigenvalue weighted by Gasteiger charge is -2.32. The standard InChI is InChI=1S/C19H26N4O3/c1-25-15-7-8-16(18(11-15)26-2)17-12-20-22-19(21-17)23-9-3-5-14(13-23)6-4-10-24/h7-8,11-12,14,24H,3-6,9-10,13H2,1-2H3/t14-/m1/s1. The molecule has 2 heterocycles. The fraction of sp³-hybridized carbons (Fsp3) is 0.526. The predicted molar refractivity (Wildman–Crippen MR) is 99.6 cm³/mol. The normalized spacial score (nSPS) is 17.2. The summed E-state index contributed by atoms with van der Waals surface area (Å²) < 4.78 is 10.7. The van der Waals surface area contributed by atoms with Crippen molar-refractivity contribution in [3.05, 3.63) is 24.4 Å². The molecule has 1 aliphatic rings. The van der Waals surface area contributed by atoms with E-state index >= 15 is 0 Å². The average Bonchev–Trinajstić information content (AvgIpc) is 2.72. The lowest BCUT2D eigenvalue weighted by atomic mass is 9.94. The third-order valence-electron chi connectivity index (χ3n) is 4.80. The van der Waals surface area contributed by atoms with Crippen molar-refractivity contribution in [2.24, 2.45) is 5.92 Å². The Morgan fingerprint density at radius 3 is 2.92 bits per heavy atom. The van der Waals surface area contributed by atoms with E-state index in [4.69, 9.17) is 19.6 Å². The number of rotatable bonds is 7. The van der Waals surface area contributed by atoms with Crippen LogP contribution >= 0.6 is 0 Å². The summed E-state index contributed by atoms with van der Waals surface area (Å²) in [6.45, 7) is 2.09. The van der Waals surface area contributed by atoms with Gasteiger partial charge in [0.05, 0.1) is 26.1 Å². The van der Waals surface area contributed by atoms with E-state index < -0.39 is 0 Å². The highest BCUT2D eigenvalue weighted by Gasteiger charge is 2.22. The highest BCUT2D eigenvalue weighted by Crippen LogP contribution is 2.32. The van der Waals surface area contributed by atoms with Crippen LogP contribution in [0.3, 0.4) is 0 Å². The van der Waals surface area contributed by atoms with Crippen LogP contribution in [0.25, 0.3) is 11.3 Å². The Labute approximate surface area is 154 Å². The van der Waals surface area contributed by atoms with Gasteiger partial charge in [0.25, 0.3) is 0 Å². The number of anilines is 1. The van der Waals surface area contributed by atoms with Crippen LogP contribution in [-0.4, -0.2) is 54.2 Å². The Morgan fingerprint density at radius 1 is 1.27 bits per heavy atom. The summed E-state index contributed by atoms with van der Waals surface area (Å²) >= 11 is 0. The summed E-state index contributed by atoms with van der Waals surface area (Å²) in [5.41, 5.74) is 1.59. The second kappa shape index (κ2) is 8.80. The van der Waals surface area contributed by atoms with E-state index in [9.17, 15) is 0 Å². The van der Waals surface area contributed by atoms with E-state index in [1.54, 1.807) is 20.4 Å². The number of piperidine rings is 1. The van der Waals surface area contributed by atoms with Crippen molar-refractivity contribution in [2.75, 3.05) is 38.8 Å². The van der Waals surface area contributed by atoms with Crippen LogP contribution in [-0.2, 0) is 0 Å². The third kappa shape index (κ3) is 4.22. The first-order valence-electron chi connectivity index (χ1n) is 9.03. The molecule has 0 saturated carbocycles. The van der Waals surface area contributed by atoms with Gasteiger partial charge >= 0.3 is 0 Å². The summed E-state index contributed by atoms with van der Waals surface area (Å²) in [6, 6.07) is 5.64. The van der Waals surface area contributed by atoms with Crippen molar-refractivity contribution in [2.45, 2.75) is 25.7 Å². The first kappa shape index (κ1) is 18.4. The van der Waals surface area contributed by atoms with Gasteiger partial charge in [0.15, 0.2) is 0 Å². The Morgan fingerprint density at radius 2 is 2.15 bits per heavy atom. The molecule has 7 heteroatoms. The molecule has 1 aromatic heterocycles. The van der Waals surface area contributed by atoms with Gasteiger partial charge in [-0.2, -0.15) is 5.10 Å². The van der Waals surface area contributed by atoms with Crippen molar-refractivity contribution >= 4 is 5.95 Å². The third-order valence-corrected chi connectivity index (χ3v) is 4.80. The van der Waals surface area contributed by atoms with E-state index in [1.807, 2.05) is 18.2 Å². The zero-order valence-corrected chi connectivity index (χ0v) is 15.4. The first-order valence-corrected chi connectivity index (χ1v) is 9.03. The maximum atomic E-state index is 9.06. The Bertz CT molecular complexity index is 726. The molecule has 1 atom stereocenters. The minimum Gasteiger partial charge on any atom is -0.497 e. The van der Waals surface area contributed by atoms with Gasteiger partial charge in [-0.1, -0.05) is 0 Å². The zero-order valence-electron chi connectivity index (χ0n) is 15.4. The Balaban J connectivity index is 1.82. The van der Waals surface area contributed by atoms with Crippen LogP contribution in [0.4, 0.5) is 5.95 Å². The van der Waals surface area contributed by atoms with Crippen LogP contribution in [0.1, 0.15) is 25.7 Å². The second-order valence-electron chi connectivity index (χ2n) is 6.53. The Hall–Kier alpha value is -2.41. The summed E-state index contributed by atoms with van der Waals surface area (Å²) in [6.07, 6.45) is 5.83. The van der Waals surface area contributed by atoms with Gasteiger partial charge in [-0.25, -0.2) is 4.98 Å². The molecule has 3 rings (SSSR count). The molecule has 0 aliphatic carbocycles. The largest absolute Gasteiger partial charge is 0.497 e. The van der Waals surface area contributed by atoms with Crippen molar-refractivity contribution in [1.29, 1.82) is 0 Å². The van der Waals surface area contributed by atoms with Crippen LogP contribution in [0.2, 0.25) is 0 Å². The van der Waals surface area contributed by atoms with E-state index in [0.29, 0.717) is 17.6 Å². The molecule has 1 aliphatic heterocycles. The predicted octanol–water partition coefficient (Wildman–Crippen LogP) is 2.54. The van der Waals surface area contributed by atoms with E-state index in [-0.39, 0.29) is 6.61 Å². The fourth-order valence-electron chi connectivity index (χ4n) is 3.43. The molecule has 7 nitrogen and oxygen atoms in total. The van der Waals surface area contributed by atoms with Crippen LogP contribution in [0.15, 0.2) is 24.4 Å². The monoisotopic (exact) mass is 358 g/mol. The lowest BCUT2D eigenvalue weighted by Crippen LogP contribution is -2.36. The van der Waals surface area contributed by atoms with Gasteiger partial charge in [0.2, 0.25) is 5.95 Å². The molecular formula is C19H26N4O3. The smallest absolute Gasteiger partial charge is 0.245 e. The number of methoxy groups -OCH3 is 2. The van der Waals surface area contributed by atoms with Crippen molar-refractivity contribution in [3.63, 3.8) is 0 Å². The maximum absolute atomic E-state index is 9.06. The molecule has 26 heavy (non-hydrogen) atoms. The molecule has 1 aromatic carbocycles. The van der Waals surface area contributed by atoms with Gasteiger partial charge < -0.3 is 19.5 Å². The lowest BCUT2D eigenvalue weighted by molar-refractivity contribution is 0.263. The molecule has 140 valence electrons. The van der Waals surface area contributed by atoms with Crippen LogP contribution in [0.5, 0.6) is 11.5 Å². The Kier molecular flexibility index (Phi) is 6.22. The summed E-state index contributed by atoms with van der Waals surface area (Å²) in [7, 11) is 3.26. The molecule has 0 radical (unpaired) electrons. The van der Waals surface area contributed by atoms with Crippen molar-refractivity contribution in [1.82, 2.24) is 15.2 Å². The SMILES string of the molecule is COc1ccc(-c2cnnc(N3CCC[C@H](CCCO)C3)n2)c(OC)c1. The molecule has 2 aromatic rings. The van der Waals surface area contributed by atoms with Crippen LogP contribution in [0, 0.1) is 5.92 Å². The number of ether oxygens (including phenoxy) is 2. The summed E-state index contributed by atoms with van der Waals surface area (Å²) in [4.78, 5) is 6.92. The van der Waals surface area contributed by atoms with Crippen molar-refractivity contribution in [3.8, 4) is 22.8 Å². The number of hydrogen-bond acceptors (Lipinski definition) is 7. The molecule has 0 bridgehead atoms. The quantitative estimate of drug-likeness (QED) is 0.814. The zero-order chi connectivity index (χ0) is 18.4. The molecule has 1 saturated heterocycles. The number of aliphatic hydroxyl groups excluding tert-OH is 1. The number of hydrogen-bond donors (Lipinski definition) is 1. The molecule has 1 N–H and O–H groups in total. The maximum Gasteiger partial charge on any atom is 0.245 e. The van der Waals surface area contributed by atoms with Gasteiger partial charge in [-0.3, -0.25) is 0 Å². The topological polar surface area (TPSA) is 80.6 Å². The minimum atomic E-state index is 0.251. The van der Waals surface area contributed by atoms with Gasteiger partial charge in [-0.15, -0.1) is 5.10 Å².